The van der Waals surface area contributed by atoms with Gasteiger partial charge in [0.15, 0.2) is 0 Å². The summed E-state index contributed by atoms with van der Waals surface area (Å²) in [5.41, 5.74) is 0. The van der Waals surface area contributed by atoms with Gasteiger partial charge in [0.05, 0.1) is 0 Å². The SMILES string of the molecule is CCCCN(CCCC)C(CC)CNC1CC1. The first-order chi connectivity index (χ1) is 8.31. The van der Waals surface area contributed by atoms with Crippen LogP contribution in [-0.4, -0.2) is 36.6 Å². The maximum atomic E-state index is 3.70. The van der Waals surface area contributed by atoms with Crippen LogP contribution in [0, 0.1) is 0 Å². The van der Waals surface area contributed by atoms with Gasteiger partial charge in [-0.1, -0.05) is 33.6 Å². The standard InChI is InChI=1S/C15H32N2/c1-4-7-11-17(12-8-5-2)15(6-3)13-16-14-9-10-14/h14-16H,4-13H2,1-3H3. The van der Waals surface area contributed by atoms with Gasteiger partial charge in [0.25, 0.3) is 0 Å². The molecule has 17 heavy (non-hydrogen) atoms. The van der Waals surface area contributed by atoms with Crippen molar-refractivity contribution in [2.75, 3.05) is 19.6 Å². The molecule has 0 aromatic rings. The average molecular weight is 240 g/mol. The number of hydrogen-bond donors (Lipinski definition) is 1. The Kier molecular flexibility index (Phi) is 7.87. The molecule has 102 valence electrons. The lowest BCUT2D eigenvalue weighted by molar-refractivity contribution is 0.180. The minimum Gasteiger partial charge on any atom is -0.312 e. The third kappa shape index (κ3) is 6.42. The maximum absolute atomic E-state index is 3.70. The van der Waals surface area contributed by atoms with Crippen molar-refractivity contribution in [2.24, 2.45) is 0 Å². The monoisotopic (exact) mass is 240 g/mol. The molecule has 0 amide bonds. The number of unbranched alkanes of at least 4 members (excludes halogenated alkanes) is 2. The number of nitrogens with zero attached hydrogens (tertiary/aromatic N) is 1. The average Bonchev–Trinajstić information content (AvgIpc) is 3.16. The Morgan fingerprint density at radius 2 is 1.65 bits per heavy atom. The molecule has 1 unspecified atom stereocenters. The normalized spacial score (nSPS) is 17.6. The molecule has 1 fully saturated rings. The van der Waals surface area contributed by atoms with Gasteiger partial charge < -0.3 is 5.32 Å². The van der Waals surface area contributed by atoms with E-state index in [1.54, 1.807) is 0 Å². The first-order valence-corrected chi connectivity index (χ1v) is 7.79. The van der Waals surface area contributed by atoms with E-state index in [0.717, 1.165) is 12.1 Å². The maximum Gasteiger partial charge on any atom is 0.0218 e. The first kappa shape index (κ1) is 15.0. The smallest absolute Gasteiger partial charge is 0.0218 e. The molecule has 1 aliphatic carbocycles. The van der Waals surface area contributed by atoms with Crippen molar-refractivity contribution in [2.45, 2.75) is 77.8 Å². The summed E-state index contributed by atoms with van der Waals surface area (Å²) in [6, 6.07) is 1.61. The van der Waals surface area contributed by atoms with E-state index < -0.39 is 0 Å². The van der Waals surface area contributed by atoms with Gasteiger partial charge in [0.1, 0.15) is 0 Å². The van der Waals surface area contributed by atoms with Gasteiger partial charge in [-0.15, -0.1) is 0 Å². The van der Waals surface area contributed by atoms with Gasteiger partial charge in [0.2, 0.25) is 0 Å². The van der Waals surface area contributed by atoms with Crippen LogP contribution in [0.5, 0.6) is 0 Å². The molecule has 1 rings (SSSR count). The molecule has 1 saturated carbocycles. The predicted octanol–water partition coefficient (Wildman–Crippen LogP) is 3.42. The van der Waals surface area contributed by atoms with Crippen LogP contribution in [0.1, 0.15) is 65.7 Å². The van der Waals surface area contributed by atoms with Crippen LogP contribution < -0.4 is 5.32 Å². The minimum atomic E-state index is 0.758. The molecular formula is C15H32N2. The molecule has 0 aromatic heterocycles. The second-order valence-corrected chi connectivity index (χ2v) is 5.49. The Labute approximate surface area is 108 Å². The van der Waals surface area contributed by atoms with Crippen LogP contribution in [0.2, 0.25) is 0 Å². The second kappa shape index (κ2) is 8.93. The van der Waals surface area contributed by atoms with Gasteiger partial charge in [-0.3, -0.25) is 4.90 Å². The van der Waals surface area contributed by atoms with Crippen LogP contribution in [-0.2, 0) is 0 Å². The molecule has 0 radical (unpaired) electrons. The molecule has 1 atom stereocenters. The van der Waals surface area contributed by atoms with Gasteiger partial charge in [-0.25, -0.2) is 0 Å². The summed E-state index contributed by atoms with van der Waals surface area (Å²) >= 11 is 0. The Bertz CT molecular complexity index is 170. The fraction of sp³-hybridized carbons (Fsp3) is 1.00. The molecule has 0 saturated heterocycles. The molecule has 1 N–H and O–H groups in total. The van der Waals surface area contributed by atoms with Gasteiger partial charge in [-0.05, 0) is 45.2 Å². The third-order valence-electron chi connectivity index (χ3n) is 3.80. The van der Waals surface area contributed by atoms with E-state index in [-0.39, 0.29) is 0 Å². The Morgan fingerprint density at radius 1 is 1.06 bits per heavy atom. The van der Waals surface area contributed by atoms with E-state index in [0.29, 0.717) is 0 Å². The summed E-state index contributed by atoms with van der Waals surface area (Å²) in [7, 11) is 0. The Morgan fingerprint density at radius 3 is 2.06 bits per heavy atom. The van der Waals surface area contributed by atoms with Crippen molar-refractivity contribution in [3.05, 3.63) is 0 Å². The zero-order chi connectivity index (χ0) is 12.5. The number of hydrogen-bond acceptors (Lipinski definition) is 2. The van der Waals surface area contributed by atoms with E-state index in [4.69, 9.17) is 0 Å². The van der Waals surface area contributed by atoms with E-state index in [1.807, 2.05) is 0 Å². The number of rotatable bonds is 11. The summed E-state index contributed by atoms with van der Waals surface area (Å²) in [6.45, 7) is 10.7. The van der Waals surface area contributed by atoms with E-state index >= 15 is 0 Å². The highest BCUT2D eigenvalue weighted by Gasteiger charge is 2.23. The molecule has 0 spiro atoms. The number of nitrogens with one attached hydrogen (secondary N) is 1. The molecule has 1 aliphatic rings. The summed E-state index contributed by atoms with van der Waals surface area (Å²) in [5, 5.41) is 3.70. The van der Waals surface area contributed by atoms with Crippen molar-refractivity contribution in [3.8, 4) is 0 Å². The largest absolute Gasteiger partial charge is 0.312 e. The molecule has 0 aromatic carbocycles. The molecule has 0 bridgehead atoms. The topological polar surface area (TPSA) is 15.3 Å². The van der Waals surface area contributed by atoms with Crippen LogP contribution in [0.3, 0.4) is 0 Å². The second-order valence-electron chi connectivity index (χ2n) is 5.49. The van der Waals surface area contributed by atoms with Gasteiger partial charge in [0, 0.05) is 18.6 Å². The molecule has 2 nitrogen and oxygen atoms in total. The quantitative estimate of drug-likeness (QED) is 0.595. The highest BCUT2D eigenvalue weighted by atomic mass is 15.2. The third-order valence-corrected chi connectivity index (χ3v) is 3.80. The molecule has 2 heteroatoms. The summed E-state index contributed by atoms with van der Waals surface area (Å²) in [4.78, 5) is 2.72. The lowest BCUT2D eigenvalue weighted by Crippen LogP contribution is -2.43. The van der Waals surface area contributed by atoms with Gasteiger partial charge >= 0.3 is 0 Å². The first-order valence-electron chi connectivity index (χ1n) is 7.79. The van der Waals surface area contributed by atoms with Crippen LogP contribution in [0.4, 0.5) is 0 Å². The van der Waals surface area contributed by atoms with E-state index in [2.05, 4.69) is 31.0 Å². The van der Waals surface area contributed by atoms with Crippen LogP contribution in [0.15, 0.2) is 0 Å². The van der Waals surface area contributed by atoms with Crippen molar-refractivity contribution in [1.29, 1.82) is 0 Å². The van der Waals surface area contributed by atoms with Gasteiger partial charge in [-0.2, -0.15) is 0 Å². The molecular weight excluding hydrogens is 208 g/mol. The van der Waals surface area contributed by atoms with E-state index in [9.17, 15) is 0 Å². The van der Waals surface area contributed by atoms with Crippen molar-refractivity contribution >= 4 is 0 Å². The van der Waals surface area contributed by atoms with Crippen LogP contribution >= 0.6 is 0 Å². The lowest BCUT2D eigenvalue weighted by atomic mass is 10.1. The van der Waals surface area contributed by atoms with Crippen molar-refractivity contribution in [1.82, 2.24) is 10.2 Å². The highest BCUT2D eigenvalue weighted by Crippen LogP contribution is 2.19. The lowest BCUT2D eigenvalue weighted by Gasteiger charge is -2.31. The summed E-state index contributed by atoms with van der Waals surface area (Å²) in [5.74, 6) is 0. The zero-order valence-electron chi connectivity index (χ0n) is 12.2. The van der Waals surface area contributed by atoms with Crippen LogP contribution in [0.25, 0.3) is 0 Å². The zero-order valence-corrected chi connectivity index (χ0v) is 12.2. The Hall–Kier alpha value is -0.0800. The molecule has 0 heterocycles. The van der Waals surface area contributed by atoms with E-state index in [1.165, 1.54) is 64.6 Å². The molecule has 0 aliphatic heterocycles. The highest BCUT2D eigenvalue weighted by molar-refractivity contribution is 4.84. The fourth-order valence-corrected chi connectivity index (χ4v) is 2.32. The fourth-order valence-electron chi connectivity index (χ4n) is 2.32. The minimum absolute atomic E-state index is 0.758. The van der Waals surface area contributed by atoms with Crippen molar-refractivity contribution < 1.29 is 0 Å². The van der Waals surface area contributed by atoms with Crippen molar-refractivity contribution in [3.63, 3.8) is 0 Å². The summed E-state index contributed by atoms with van der Waals surface area (Å²) in [6.07, 6.45) is 9.42. The Balaban J connectivity index is 2.31. The predicted molar refractivity (Wildman–Crippen MR) is 76.5 cm³/mol. The summed E-state index contributed by atoms with van der Waals surface area (Å²) < 4.78 is 0.